The Balaban J connectivity index is 1.74. The Bertz CT molecular complexity index is 480. The molecule has 0 bridgehead atoms. The van der Waals surface area contributed by atoms with Gasteiger partial charge in [0.2, 0.25) is 0 Å². The van der Waals surface area contributed by atoms with Gasteiger partial charge in [-0.2, -0.15) is 0 Å². The number of anilines is 1. The molecule has 4 nitrogen and oxygen atoms in total. The minimum absolute atomic E-state index is 0.189. The maximum Gasteiger partial charge on any atom is 0.320 e. The standard InChI is InChI=1S/C15H21N3O/c16-14-6-4-5-12-7-10-18(11-13(12)14)15(19)17-8-2-1-3-9-17/h4-6H,1-3,7-11,16H2. The van der Waals surface area contributed by atoms with E-state index in [4.69, 9.17) is 5.73 Å². The Kier molecular flexibility index (Phi) is 3.32. The molecule has 102 valence electrons. The highest BCUT2D eigenvalue weighted by atomic mass is 16.2. The van der Waals surface area contributed by atoms with Crippen molar-refractivity contribution in [3.8, 4) is 0 Å². The summed E-state index contributed by atoms with van der Waals surface area (Å²) >= 11 is 0. The van der Waals surface area contributed by atoms with Gasteiger partial charge in [-0.3, -0.25) is 0 Å². The molecule has 19 heavy (non-hydrogen) atoms. The van der Waals surface area contributed by atoms with Gasteiger partial charge in [0.1, 0.15) is 0 Å². The minimum atomic E-state index is 0.189. The molecule has 0 atom stereocenters. The fraction of sp³-hybridized carbons (Fsp3) is 0.533. The molecule has 0 aliphatic carbocycles. The largest absolute Gasteiger partial charge is 0.398 e. The summed E-state index contributed by atoms with van der Waals surface area (Å²) in [6.45, 7) is 3.29. The Morgan fingerprint density at radius 3 is 2.63 bits per heavy atom. The van der Waals surface area contributed by atoms with Crippen molar-refractivity contribution in [2.45, 2.75) is 32.2 Å². The van der Waals surface area contributed by atoms with E-state index in [0.29, 0.717) is 6.54 Å². The van der Waals surface area contributed by atoms with Crippen LogP contribution in [0.5, 0.6) is 0 Å². The smallest absolute Gasteiger partial charge is 0.320 e. The molecule has 0 radical (unpaired) electrons. The van der Waals surface area contributed by atoms with Crippen molar-refractivity contribution in [2.75, 3.05) is 25.4 Å². The summed E-state index contributed by atoms with van der Waals surface area (Å²) in [5, 5.41) is 0. The summed E-state index contributed by atoms with van der Waals surface area (Å²) in [7, 11) is 0. The molecule has 2 N–H and O–H groups in total. The monoisotopic (exact) mass is 259 g/mol. The number of carbonyl (C=O) groups excluding carboxylic acids is 1. The van der Waals surface area contributed by atoms with Crippen molar-refractivity contribution in [1.29, 1.82) is 0 Å². The van der Waals surface area contributed by atoms with Crippen LogP contribution < -0.4 is 5.73 Å². The molecule has 0 aromatic heterocycles. The van der Waals surface area contributed by atoms with Gasteiger partial charge in [0, 0.05) is 31.9 Å². The Hall–Kier alpha value is -1.71. The van der Waals surface area contributed by atoms with Gasteiger partial charge in [0.25, 0.3) is 0 Å². The number of hydrogen-bond donors (Lipinski definition) is 1. The molecule has 4 heteroatoms. The zero-order chi connectivity index (χ0) is 13.2. The van der Waals surface area contributed by atoms with Crippen LogP contribution in [0.15, 0.2) is 18.2 Å². The summed E-state index contributed by atoms with van der Waals surface area (Å²) in [4.78, 5) is 16.4. The molecule has 0 saturated carbocycles. The van der Waals surface area contributed by atoms with Crippen molar-refractivity contribution >= 4 is 11.7 Å². The zero-order valence-electron chi connectivity index (χ0n) is 11.3. The highest BCUT2D eigenvalue weighted by molar-refractivity contribution is 5.75. The van der Waals surface area contributed by atoms with Gasteiger partial charge in [0.15, 0.2) is 0 Å². The van der Waals surface area contributed by atoms with E-state index in [1.165, 1.54) is 12.0 Å². The molecular formula is C15H21N3O. The predicted octanol–water partition coefficient (Wildman–Crippen LogP) is 2.23. The summed E-state index contributed by atoms with van der Waals surface area (Å²) in [6, 6.07) is 6.23. The first-order valence-electron chi connectivity index (χ1n) is 7.16. The van der Waals surface area contributed by atoms with Gasteiger partial charge >= 0.3 is 6.03 Å². The van der Waals surface area contributed by atoms with E-state index in [9.17, 15) is 4.79 Å². The van der Waals surface area contributed by atoms with Crippen molar-refractivity contribution in [2.24, 2.45) is 0 Å². The van der Waals surface area contributed by atoms with E-state index in [1.807, 2.05) is 21.9 Å². The van der Waals surface area contributed by atoms with Gasteiger partial charge in [-0.15, -0.1) is 0 Å². The Morgan fingerprint density at radius 1 is 1.05 bits per heavy atom. The van der Waals surface area contributed by atoms with Crippen LogP contribution in [-0.2, 0) is 13.0 Å². The number of amides is 2. The second-order valence-electron chi connectivity index (χ2n) is 5.49. The topological polar surface area (TPSA) is 49.6 Å². The SMILES string of the molecule is Nc1cccc2c1CN(C(=O)N1CCCCC1)CC2. The number of urea groups is 1. The van der Waals surface area contributed by atoms with Crippen molar-refractivity contribution in [3.05, 3.63) is 29.3 Å². The normalized spacial score (nSPS) is 19.2. The molecule has 2 amide bonds. The van der Waals surface area contributed by atoms with Crippen LogP contribution in [0.3, 0.4) is 0 Å². The van der Waals surface area contributed by atoms with E-state index in [1.54, 1.807) is 0 Å². The lowest BCUT2D eigenvalue weighted by atomic mass is 9.98. The molecule has 3 rings (SSSR count). The quantitative estimate of drug-likeness (QED) is 0.726. The highest BCUT2D eigenvalue weighted by Crippen LogP contribution is 2.25. The molecule has 0 unspecified atom stereocenters. The van der Waals surface area contributed by atoms with Gasteiger partial charge in [-0.05, 0) is 42.9 Å². The molecule has 1 saturated heterocycles. The lowest BCUT2D eigenvalue weighted by Crippen LogP contribution is -2.47. The number of piperidine rings is 1. The number of benzene rings is 1. The summed E-state index contributed by atoms with van der Waals surface area (Å²) < 4.78 is 0. The molecule has 2 heterocycles. The lowest BCUT2D eigenvalue weighted by molar-refractivity contribution is 0.139. The van der Waals surface area contributed by atoms with E-state index in [2.05, 4.69) is 6.07 Å². The van der Waals surface area contributed by atoms with Crippen LogP contribution in [0.25, 0.3) is 0 Å². The summed E-state index contributed by atoms with van der Waals surface area (Å²) in [5.74, 6) is 0. The van der Waals surface area contributed by atoms with E-state index in [-0.39, 0.29) is 6.03 Å². The molecule has 1 aromatic carbocycles. The third-order valence-electron chi connectivity index (χ3n) is 4.21. The summed E-state index contributed by atoms with van der Waals surface area (Å²) in [5.41, 5.74) is 9.28. The van der Waals surface area contributed by atoms with Gasteiger partial charge in [-0.1, -0.05) is 12.1 Å². The fourth-order valence-corrected chi connectivity index (χ4v) is 3.06. The average molecular weight is 259 g/mol. The third kappa shape index (κ3) is 2.39. The third-order valence-corrected chi connectivity index (χ3v) is 4.21. The molecule has 1 fully saturated rings. The average Bonchev–Trinajstić information content (AvgIpc) is 2.47. The molecule has 0 spiro atoms. The zero-order valence-corrected chi connectivity index (χ0v) is 11.3. The van der Waals surface area contributed by atoms with E-state index in [0.717, 1.165) is 50.1 Å². The number of nitrogens with two attached hydrogens (primary N) is 1. The van der Waals surface area contributed by atoms with E-state index < -0.39 is 0 Å². The highest BCUT2D eigenvalue weighted by Gasteiger charge is 2.26. The molecule has 2 aliphatic rings. The van der Waals surface area contributed by atoms with Crippen molar-refractivity contribution in [1.82, 2.24) is 9.80 Å². The van der Waals surface area contributed by atoms with Crippen LogP contribution in [0.2, 0.25) is 0 Å². The minimum Gasteiger partial charge on any atom is -0.398 e. The summed E-state index contributed by atoms with van der Waals surface area (Å²) in [6.07, 6.45) is 4.44. The number of fused-ring (bicyclic) bond motifs is 1. The van der Waals surface area contributed by atoms with Crippen LogP contribution in [0.1, 0.15) is 30.4 Å². The number of rotatable bonds is 0. The maximum absolute atomic E-state index is 12.5. The first kappa shape index (κ1) is 12.3. The van der Waals surface area contributed by atoms with Gasteiger partial charge in [-0.25, -0.2) is 4.79 Å². The van der Waals surface area contributed by atoms with Gasteiger partial charge < -0.3 is 15.5 Å². The predicted molar refractivity (Wildman–Crippen MR) is 75.8 cm³/mol. The van der Waals surface area contributed by atoms with Crippen molar-refractivity contribution in [3.63, 3.8) is 0 Å². The number of likely N-dealkylation sites (tertiary alicyclic amines) is 1. The second kappa shape index (κ2) is 5.11. The molecule has 1 aromatic rings. The maximum atomic E-state index is 12.5. The number of carbonyl (C=O) groups is 1. The number of nitrogens with zero attached hydrogens (tertiary/aromatic N) is 2. The first-order chi connectivity index (χ1) is 9.25. The number of hydrogen-bond acceptors (Lipinski definition) is 2. The van der Waals surface area contributed by atoms with Crippen molar-refractivity contribution < 1.29 is 4.79 Å². The Morgan fingerprint density at radius 2 is 1.84 bits per heavy atom. The first-order valence-corrected chi connectivity index (χ1v) is 7.16. The molecular weight excluding hydrogens is 238 g/mol. The van der Waals surface area contributed by atoms with Gasteiger partial charge in [0.05, 0.1) is 0 Å². The second-order valence-corrected chi connectivity index (χ2v) is 5.49. The number of nitrogen functional groups attached to an aromatic ring is 1. The van der Waals surface area contributed by atoms with Crippen LogP contribution in [-0.4, -0.2) is 35.5 Å². The van der Waals surface area contributed by atoms with Crippen LogP contribution in [0.4, 0.5) is 10.5 Å². The van der Waals surface area contributed by atoms with Crippen LogP contribution >= 0.6 is 0 Å². The lowest BCUT2D eigenvalue weighted by Gasteiger charge is -2.36. The molecule has 2 aliphatic heterocycles. The fourth-order valence-electron chi connectivity index (χ4n) is 3.06. The van der Waals surface area contributed by atoms with E-state index >= 15 is 0 Å². The Labute approximate surface area is 114 Å². The van der Waals surface area contributed by atoms with Crippen LogP contribution in [0, 0.1) is 0 Å².